The molecule has 0 atom stereocenters. The van der Waals surface area contributed by atoms with Crippen molar-refractivity contribution in [3.05, 3.63) is 71.9 Å². The highest BCUT2D eigenvalue weighted by atomic mass is 16.1. The van der Waals surface area contributed by atoms with E-state index in [4.69, 9.17) is 10.7 Å². The molecule has 1 aromatic carbocycles. The summed E-state index contributed by atoms with van der Waals surface area (Å²) >= 11 is 0. The van der Waals surface area contributed by atoms with Crippen LogP contribution in [0.25, 0.3) is 16.8 Å². The second-order valence-corrected chi connectivity index (χ2v) is 7.76. The average molecular weight is 444 g/mol. The number of carbonyl (C=O) groups is 2. The molecule has 3 aromatic heterocycles. The highest BCUT2D eigenvalue weighted by Gasteiger charge is 2.17. The van der Waals surface area contributed by atoms with Crippen molar-refractivity contribution in [2.24, 2.45) is 0 Å². The molecule has 168 valence electrons. The second kappa shape index (κ2) is 9.47. The Bertz CT molecular complexity index is 1300. The van der Waals surface area contributed by atoms with Crippen LogP contribution in [0.5, 0.6) is 0 Å². The van der Waals surface area contributed by atoms with E-state index in [1.807, 2.05) is 28.7 Å². The first-order chi connectivity index (χ1) is 16.0. The summed E-state index contributed by atoms with van der Waals surface area (Å²) in [6, 6.07) is 10.9. The van der Waals surface area contributed by atoms with Gasteiger partial charge < -0.3 is 16.0 Å². The highest BCUT2D eigenvalue weighted by Crippen LogP contribution is 2.28. The number of aromatic nitrogens is 4. The molecular formula is C24H25N7O2. The summed E-state index contributed by atoms with van der Waals surface area (Å²) in [5.41, 5.74) is 9.84. The number of carbonyl (C=O) groups excluding carboxylic acids is 2. The Labute approximate surface area is 191 Å². The van der Waals surface area contributed by atoms with Gasteiger partial charge in [0.1, 0.15) is 28.7 Å². The Morgan fingerprint density at radius 3 is 2.70 bits per heavy atom. The normalized spacial score (nSPS) is 10.8. The van der Waals surface area contributed by atoms with E-state index in [1.165, 1.54) is 4.90 Å². The van der Waals surface area contributed by atoms with Gasteiger partial charge in [-0.1, -0.05) is 25.5 Å². The molecule has 3 heterocycles. The average Bonchev–Trinajstić information content (AvgIpc) is 3.19. The standard InChI is InChI=1S/C24H25N7O2/c1-3-4-16-9-10-26-19(13-16)28-24(33)18-7-5-17(6-8-18)21-22-23(25)27-11-12-31(22)20(29-21)14-30(2)15-32/h5-13,15H,3-4,14H2,1-2H3,(H2,25,27)(H,26,28,33). The van der Waals surface area contributed by atoms with Crippen LogP contribution in [0.3, 0.4) is 0 Å². The summed E-state index contributed by atoms with van der Waals surface area (Å²) in [4.78, 5) is 38.4. The van der Waals surface area contributed by atoms with E-state index in [2.05, 4.69) is 22.2 Å². The molecule has 0 saturated carbocycles. The lowest BCUT2D eigenvalue weighted by molar-refractivity contribution is -0.117. The van der Waals surface area contributed by atoms with Crippen LogP contribution >= 0.6 is 0 Å². The van der Waals surface area contributed by atoms with Crippen LogP contribution in [-0.2, 0) is 17.8 Å². The van der Waals surface area contributed by atoms with E-state index >= 15 is 0 Å². The number of hydrogen-bond donors (Lipinski definition) is 2. The van der Waals surface area contributed by atoms with Crippen molar-refractivity contribution in [1.29, 1.82) is 0 Å². The molecule has 0 radical (unpaired) electrons. The number of hydrogen-bond acceptors (Lipinski definition) is 6. The molecule has 0 saturated heterocycles. The van der Waals surface area contributed by atoms with Crippen molar-refractivity contribution in [1.82, 2.24) is 24.3 Å². The summed E-state index contributed by atoms with van der Waals surface area (Å²) in [7, 11) is 1.68. The number of nitrogens with two attached hydrogens (primary N) is 1. The number of nitrogens with zero attached hydrogens (tertiary/aromatic N) is 5. The Morgan fingerprint density at radius 2 is 1.97 bits per heavy atom. The molecule has 0 aliphatic heterocycles. The smallest absolute Gasteiger partial charge is 0.256 e. The van der Waals surface area contributed by atoms with E-state index in [-0.39, 0.29) is 5.91 Å². The molecule has 33 heavy (non-hydrogen) atoms. The lowest BCUT2D eigenvalue weighted by atomic mass is 10.1. The molecule has 9 heteroatoms. The predicted octanol–water partition coefficient (Wildman–Crippen LogP) is 3.17. The lowest BCUT2D eigenvalue weighted by Gasteiger charge is -2.08. The first kappa shape index (κ1) is 21.9. The van der Waals surface area contributed by atoms with Gasteiger partial charge in [0.25, 0.3) is 5.91 Å². The molecule has 0 spiro atoms. The van der Waals surface area contributed by atoms with Gasteiger partial charge in [0.05, 0.1) is 6.54 Å². The van der Waals surface area contributed by atoms with Crippen LogP contribution in [0.2, 0.25) is 0 Å². The molecule has 0 bridgehead atoms. The maximum absolute atomic E-state index is 12.7. The molecule has 2 amide bonds. The molecule has 0 fully saturated rings. The van der Waals surface area contributed by atoms with Crippen molar-refractivity contribution >= 4 is 29.5 Å². The SMILES string of the molecule is CCCc1ccnc(NC(=O)c2ccc(-c3nc(CN(C)C=O)n4ccnc(N)c34)cc2)c1. The van der Waals surface area contributed by atoms with Gasteiger partial charge in [-0.15, -0.1) is 0 Å². The maximum Gasteiger partial charge on any atom is 0.256 e. The largest absolute Gasteiger partial charge is 0.382 e. The zero-order chi connectivity index (χ0) is 23.4. The zero-order valence-corrected chi connectivity index (χ0v) is 18.5. The van der Waals surface area contributed by atoms with Crippen molar-refractivity contribution < 1.29 is 9.59 Å². The van der Waals surface area contributed by atoms with Crippen molar-refractivity contribution in [3.63, 3.8) is 0 Å². The Morgan fingerprint density at radius 1 is 1.18 bits per heavy atom. The Hall–Kier alpha value is -4.27. The van der Waals surface area contributed by atoms with E-state index in [9.17, 15) is 9.59 Å². The Balaban J connectivity index is 1.61. The summed E-state index contributed by atoms with van der Waals surface area (Å²) in [6.45, 7) is 2.43. The van der Waals surface area contributed by atoms with Gasteiger partial charge in [0.2, 0.25) is 6.41 Å². The third-order valence-corrected chi connectivity index (χ3v) is 5.25. The lowest BCUT2D eigenvalue weighted by Crippen LogP contribution is -2.17. The fourth-order valence-electron chi connectivity index (χ4n) is 3.65. The molecule has 9 nitrogen and oxygen atoms in total. The van der Waals surface area contributed by atoms with Crippen LogP contribution in [0, 0.1) is 0 Å². The van der Waals surface area contributed by atoms with Crippen LogP contribution in [0.15, 0.2) is 55.0 Å². The van der Waals surface area contributed by atoms with Gasteiger partial charge in [-0.25, -0.2) is 15.0 Å². The van der Waals surface area contributed by atoms with Crippen LogP contribution in [0.4, 0.5) is 11.6 Å². The van der Waals surface area contributed by atoms with Gasteiger partial charge >= 0.3 is 0 Å². The monoisotopic (exact) mass is 443 g/mol. The highest BCUT2D eigenvalue weighted by molar-refractivity contribution is 6.04. The molecule has 3 N–H and O–H groups in total. The Kier molecular flexibility index (Phi) is 6.30. The summed E-state index contributed by atoms with van der Waals surface area (Å²) < 4.78 is 1.83. The number of nitrogens with one attached hydrogen (secondary N) is 1. The number of pyridine rings is 1. The molecular weight excluding hydrogens is 418 g/mol. The van der Waals surface area contributed by atoms with Crippen LogP contribution < -0.4 is 11.1 Å². The topological polar surface area (TPSA) is 119 Å². The first-order valence-electron chi connectivity index (χ1n) is 10.6. The number of benzene rings is 1. The summed E-state index contributed by atoms with van der Waals surface area (Å²) in [5, 5.41) is 2.85. The summed E-state index contributed by atoms with van der Waals surface area (Å²) in [6.07, 6.45) is 7.75. The fourth-order valence-corrected chi connectivity index (χ4v) is 3.65. The second-order valence-electron chi connectivity index (χ2n) is 7.76. The minimum absolute atomic E-state index is 0.244. The third-order valence-electron chi connectivity index (χ3n) is 5.25. The maximum atomic E-state index is 12.7. The fraction of sp³-hybridized carbons (Fsp3) is 0.208. The molecule has 4 rings (SSSR count). The molecule has 0 aliphatic rings. The van der Waals surface area contributed by atoms with Crippen molar-refractivity contribution in [2.45, 2.75) is 26.3 Å². The molecule has 0 unspecified atom stereocenters. The van der Waals surface area contributed by atoms with Gasteiger partial charge in [0.15, 0.2) is 0 Å². The number of nitrogen functional groups attached to an aromatic ring is 1. The minimum atomic E-state index is -0.244. The third kappa shape index (κ3) is 4.67. The van der Waals surface area contributed by atoms with Crippen LogP contribution in [-0.4, -0.2) is 43.6 Å². The van der Waals surface area contributed by atoms with Gasteiger partial charge in [0, 0.05) is 36.8 Å². The van der Waals surface area contributed by atoms with Gasteiger partial charge in [-0.05, 0) is 36.2 Å². The zero-order valence-electron chi connectivity index (χ0n) is 18.5. The number of anilines is 2. The predicted molar refractivity (Wildman–Crippen MR) is 127 cm³/mol. The van der Waals surface area contributed by atoms with Crippen molar-refractivity contribution in [3.8, 4) is 11.3 Å². The molecule has 4 aromatic rings. The van der Waals surface area contributed by atoms with E-state index in [1.54, 1.807) is 37.8 Å². The van der Waals surface area contributed by atoms with E-state index < -0.39 is 0 Å². The van der Waals surface area contributed by atoms with Gasteiger partial charge in [-0.2, -0.15) is 0 Å². The number of rotatable bonds is 8. The van der Waals surface area contributed by atoms with E-state index in [0.29, 0.717) is 40.8 Å². The van der Waals surface area contributed by atoms with Gasteiger partial charge in [-0.3, -0.25) is 14.0 Å². The van der Waals surface area contributed by atoms with Crippen LogP contribution in [0.1, 0.15) is 35.1 Å². The number of imidazole rings is 1. The number of aryl methyl sites for hydroxylation is 1. The van der Waals surface area contributed by atoms with E-state index in [0.717, 1.165) is 30.4 Å². The first-order valence-corrected chi connectivity index (χ1v) is 10.6. The number of amides is 2. The quantitative estimate of drug-likeness (QED) is 0.404. The summed E-state index contributed by atoms with van der Waals surface area (Å²) in [5.74, 6) is 1.27. The minimum Gasteiger partial charge on any atom is -0.382 e. The molecule has 0 aliphatic carbocycles. The number of fused-ring (bicyclic) bond motifs is 1. The van der Waals surface area contributed by atoms with Crippen molar-refractivity contribution in [2.75, 3.05) is 18.1 Å².